The van der Waals surface area contributed by atoms with Gasteiger partial charge in [-0.3, -0.25) is 4.79 Å². The van der Waals surface area contributed by atoms with Crippen LogP contribution in [0.25, 0.3) is 0 Å². The van der Waals surface area contributed by atoms with E-state index in [9.17, 15) is 9.59 Å². The summed E-state index contributed by atoms with van der Waals surface area (Å²) in [6, 6.07) is 8.57. The molecule has 128 valence electrons. The smallest absolute Gasteiger partial charge is 0.340 e. The molecule has 1 N–H and O–H groups in total. The molecule has 2 rings (SSSR count). The van der Waals surface area contributed by atoms with Crippen molar-refractivity contribution in [3.63, 3.8) is 0 Å². The van der Waals surface area contributed by atoms with Crippen molar-refractivity contribution < 1.29 is 14.3 Å². The number of amides is 1. The Morgan fingerprint density at radius 2 is 2.00 bits per heavy atom. The number of halogens is 1. The Morgan fingerprint density at radius 1 is 1.29 bits per heavy atom. The highest BCUT2D eigenvalue weighted by Gasteiger charge is 2.22. The average Bonchev–Trinajstić information content (AvgIpc) is 2.81. The molecule has 1 aromatic carbocycles. The molecule has 0 aliphatic heterocycles. The van der Waals surface area contributed by atoms with Gasteiger partial charge < -0.3 is 14.6 Å². The number of nitrogens with zero attached hydrogens (tertiary/aromatic N) is 1. The van der Waals surface area contributed by atoms with E-state index in [0.717, 1.165) is 17.9 Å². The van der Waals surface area contributed by atoms with E-state index in [2.05, 4.69) is 5.32 Å². The third-order valence-electron chi connectivity index (χ3n) is 3.85. The van der Waals surface area contributed by atoms with Crippen LogP contribution >= 0.6 is 11.6 Å². The Hall–Kier alpha value is -2.27. The molecule has 0 aliphatic rings. The number of benzene rings is 1. The molecule has 0 spiro atoms. The van der Waals surface area contributed by atoms with Crippen molar-refractivity contribution in [2.24, 2.45) is 0 Å². The summed E-state index contributed by atoms with van der Waals surface area (Å²) >= 11 is 5.88. The van der Waals surface area contributed by atoms with Crippen LogP contribution in [0.15, 0.2) is 30.3 Å². The van der Waals surface area contributed by atoms with E-state index >= 15 is 0 Å². The minimum atomic E-state index is -0.916. The van der Waals surface area contributed by atoms with Gasteiger partial charge in [-0.15, -0.1) is 0 Å². The Morgan fingerprint density at radius 3 is 2.58 bits per heavy atom. The summed E-state index contributed by atoms with van der Waals surface area (Å²) in [4.78, 5) is 24.5. The van der Waals surface area contributed by atoms with Crippen LogP contribution in [0.2, 0.25) is 5.02 Å². The third kappa shape index (κ3) is 3.97. The van der Waals surface area contributed by atoms with Crippen molar-refractivity contribution in [2.75, 3.05) is 5.32 Å². The van der Waals surface area contributed by atoms with Gasteiger partial charge >= 0.3 is 5.97 Å². The lowest BCUT2D eigenvalue weighted by atomic mass is 10.2. The van der Waals surface area contributed by atoms with Gasteiger partial charge in [0, 0.05) is 28.6 Å². The van der Waals surface area contributed by atoms with Crippen LogP contribution in [0.1, 0.15) is 35.6 Å². The van der Waals surface area contributed by atoms with Crippen molar-refractivity contribution in [3.8, 4) is 0 Å². The molecular weight excluding hydrogens is 328 g/mol. The van der Waals surface area contributed by atoms with Gasteiger partial charge in [-0.25, -0.2) is 4.79 Å². The number of nitrogens with one attached hydrogen (secondary N) is 1. The summed E-state index contributed by atoms with van der Waals surface area (Å²) in [6.07, 6.45) is -0.916. The standard InChI is InChI=1S/C18H21ClN2O3/c1-5-21-11(2)9-16(12(21)3)18(23)24-13(4)17(22)20-15-8-6-7-14(19)10-15/h6-10,13H,5H2,1-4H3,(H,20,22)/t13-/m0/s1. The number of anilines is 1. The minimum absolute atomic E-state index is 0.407. The van der Waals surface area contributed by atoms with Crippen molar-refractivity contribution in [2.45, 2.75) is 40.3 Å². The fraction of sp³-hybridized carbons (Fsp3) is 0.333. The lowest BCUT2D eigenvalue weighted by Gasteiger charge is -2.14. The van der Waals surface area contributed by atoms with Crippen LogP contribution in [-0.2, 0) is 16.1 Å². The number of carbonyl (C=O) groups excluding carboxylic acids is 2. The second-order valence-corrected chi connectivity index (χ2v) is 6.01. The summed E-state index contributed by atoms with van der Waals surface area (Å²) in [5.41, 5.74) is 2.86. The van der Waals surface area contributed by atoms with Gasteiger partial charge in [-0.2, -0.15) is 0 Å². The third-order valence-corrected chi connectivity index (χ3v) is 4.09. The van der Waals surface area contributed by atoms with E-state index in [4.69, 9.17) is 16.3 Å². The lowest BCUT2D eigenvalue weighted by Crippen LogP contribution is -2.30. The number of esters is 1. The molecule has 0 unspecified atom stereocenters. The number of ether oxygens (including phenoxy) is 1. The minimum Gasteiger partial charge on any atom is -0.449 e. The fourth-order valence-corrected chi connectivity index (χ4v) is 2.77. The number of rotatable bonds is 5. The van der Waals surface area contributed by atoms with Crippen LogP contribution in [0, 0.1) is 13.8 Å². The molecule has 1 atom stereocenters. The van der Waals surface area contributed by atoms with Gasteiger partial charge in [0.15, 0.2) is 6.10 Å². The lowest BCUT2D eigenvalue weighted by molar-refractivity contribution is -0.123. The molecule has 1 heterocycles. The largest absolute Gasteiger partial charge is 0.449 e. The number of aromatic nitrogens is 1. The van der Waals surface area contributed by atoms with Gasteiger partial charge in [0.2, 0.25) is 0 Å². The average molecular weight is 349 g/mol. The first kappa shape index (κ1) is 18.1. The number of aryl methyl sites for hydroxylation is 1. The van der Waals surface area contributed by atoms with Crippen LogP contribution < -0.4 is 5.32 Å². The van der Waals surface area contributed by atoms with E-state index < -0.39 is 18.0 Å². The summed E-state index contributed by atoms with van der Waals surface area (Å²) in [6.45, 7) is 8.12. The van der Waals surface area contributed by atoms with E-state index in [1.54, 1.807) is 30.3 Å². The first-order chi connectivity index (χ1) is 11.3. The van der Waals surface area contributed by atoms with Gasteiger partial charge in [0.05, 0.1) is 5.56 Å². The normalized spacial score (nSPS) is 11.9. The van der Waals surface area contributed by atoms with Crippen molar-refractivity contribution in [1.29, 1.82) is 0 Å². The van der Waals surface area contributed by atoms with E-state index in [0.29, 0.717) is 16.3 Å². The zero-order valence-electron chi connectivity index (χ0n) is 14.2. The molecular formula is C18H21ClN2O3. The van der Waals surface area contributed by atoms with Gasteiger partial charge in [-0.1, -0.05) is 17.7 Å². The predicted octanol–water partition coefficient (Wildman–Crippen LogP) is 3.96. The summed E-state index contributed by atoms with van der Waals surface area (Å²) in [5, 5.41) is 3.19. The van der Waals surface area contributed by atoms with Crippen LogP contribution in [0.5, 0.6) is 0 Å². The Labute approximate surface area is 146 Å². The highest BCUT2D eigenvalue weighted by molar-refractivity contribution is 6.30. The zero-order chi connectivity index (χ0) is 17.9. The maximum atomic E-state index is 12.3. The second-order valence-electron chi connectivity index (χ2n) is 5.58. The monoisotopic (exact) mass is 348 g/mol. The fourth-order valence-electron chi connectivity index (χ4n) is 2.58. The summed E-state index contributed by atoms with van der Waals surface area (Å²) in [5.74, 6) is -0.911. The van der Waals surface area contributed by atoms with E-state index in [-0.39, 0.29) is 0 Å². The first-order valence-corrected chi connectivity index (χ1v) is 8.15. The molecule has 24 heavy (non-hydrogen) atoms. The summed E-state index contributed by atoms with van der Waals surface area (Å²) < 4.78 is 7.32. The molecule has 0 fully saturated rings. The predicted molar refractivity (Wildman–Crippen MR) is 94.5 cm³/mol. The second kappa shape index (κ2) is 7.53. The van der Waals surface area contributed by atoms with Crippen molar-refractivity contribution in [3.05, 3.63) is 52.3 Å². The first-order valence-electron chi connectivity index (χ1n) is 7.77. The van der Waals surface area contributed by atoms with Crippen LogP contribution in [0.4, 0.5) is 5.69 Å². The quantitative estimate of drug-likeness (QED) is 0.832. The van der Waals surface area contributed by atoms with Gasteiger partial charge in [0.1, 0.15) is 0 Å². The Kier molecular flexibility index (Phi) is 5.67. The molecule has 6 heteroatoms. The zero-order valence-corrected chi connectivity index (χ0v) is 15.0. The van der Waals surface area contributed by atoms with Gasteiger partial charge in [0.25, 0.3) is 5.91 Å². The number of carbonyl (C=O) groups is 2. The maximum Gasteiger partial charge on any atom is 0.340 e. The van der Waals surface area contributed by atoms with Crippen LogP contribution in [0.3, 0.4) is 0 Å². The number of hydrogen-bond donors (Lipinski definition) is 1. The molecule has 2 aromatic rings. The van der Waals surface area contributed by atoms with E-state index in [1.807, 2.05) is 25.3 Å². The van der Waals surface area contributed by atoms with Crippen LogP contribution in [-0.4, -0.2) is 22.5 Å². The molecule has 1 amide bonds. The molecule has 0 bridgehead atoms. The maximum absolute atomic E-state index is 12.3. The van der Waals surface area contributed by atoms with Crippen molar-refractivity contribution >= 4 is 29.2 Å². The summed E-state index contributed by atoms with van der Waals surface area (Å²) in [7, 11) is 0. The molecule has 0 radical (unpaired) electrons. The number of hydrogen-bond acceptors (Lipinski definition) is 3. The molecule has 0 saturated carbocycles. The van der Waals surface area contributed by atoms with Crippen molar-refractivity contribution in [1.82, 2.24) is 4.57 Å². The molecule has 0 saturated heterocycles. The van der Waals surface area contributed by atoms with Gasteiger partial charge in [-0.05, 0) is 52.0 Å². The topological polar surface area (TPSA) is 60.3 Å². The van der Waals surface area contributed by atoms with E-state index in [1.165, 1.54) is 6.92 Å². The highest BCUT2D eigenvalue weighted by Crippen LogP contribution is 2.18. The highest BCUT2D eigenvalue weighted by atomic mass is 35.5. The Bertz CT molecular complexity index is 768. The Balaban J connectivity index is 2.04. The molecule has 1 aromatic heterocycles. The molecule has 0 aliphatic carbocycles. The molecule has 5 nitrogen and oxygen atoms in total. The SMILES string of the molecule is CCn1c(C)cc(C(=O)O[C@@H](C)C(=O)Nc2cccc(Cl)c2)c1C.